The number of ether oxygens (including phenoxy) is 1. The molecule has 1 aromatic carbocycles. The van der Waals surface area contributed by atoms with Crippen LogP contribution in [0.4, 0.5) is 17.3 Å². The molecule has 0 saturated carbocycles. The van der Waals surface area contributed by atoms with Gasteiger partial charge in [0.1, 0.15) is 6.33 Å². The predicted octanol–water partition coefficient (Wildman–Crippen LogP) is 2.62. The summed E-state index contributed by atoms with van der Waals surface area (Å²) in [5.74, 6) is 0.353. The van der Waals surface area contributed by atoms with E-state index in [2.05, 4.69) is 20.6 Å². The minimum atomic E-state index is -0.491. The molecule has 8 nitrogen and oxygen atoms in total. The zero-order valence-electron chi connectivity index (χ0n) is 13.0. The number of benzene rings is 1. The van der Waals surface area contributed by atoms with Crippen LogP contribution >= 0.6 is 0 Å². The summed E-state index contributed by atoms with van der Waals surface area (Å²) in [6, 6.07) is 9.52. The summed E-state index contributed by atoms with van der Waals surface area (Å²) in [6.45, 7) is 2.76. The van der Waals surface area contributed by atoms with Gasteiger partial charge in [-0.05, 0) is 12.5 Å². The van der Waals surface area contributed by atoms with E-state index < -0.39 is 4.92 Å². The monoisotopic (exact) mass is 317 g/mol. The number of rotatable bonds is 8. The molecule has 0 aliphatic heterocycles. The number of hydrogen-bond donors (Lipinski definition) is 2. The van der Waals surface area contributed by atoms with Gasteiger partial charge >= 0.3 is 5.69 Å². The third-order valence-electron chi connectivity index (χ3n) is 3.26. The van der Waals surface area contributed by atoms with Gasteiger partial charge in [-0.2, -0.15) is 0 Å². The van der Waals surface area contributed by atoms with Crippen molar-refractivity contribution < 1.29 is 9.66 Å². The van der Waals surface area contributed by atoms with Crippen molar-refractivity contribution in [3.05, 3.63) is 52.3 Å². The van der Waals surface area contributed by atoms with Crippen LogP contribution in [0, 0.1) is 10.1 Å². The van der Waals surface area contributed by atoms with Crippen LogP contribution in [0.5, 0.6) is 0 Å². The van der Waals surface area contributed by atoms with Crippen LogP contribution in [0.15, 0.2) is 36.7 Å². The highest BCUT2D eigenvalue weighted by atomic mass is 16.6. The van der Waals surface area contributed by atoms with Gasteiger partial charge in [0.25, 0.3) is 0 Å². The summed E-state index contributed by atoms with van der Waals surface area (Å²) in [5, 5.41) is 17.4. The van der Waals surface area contributed by atoms with Crippen LogP contribution < -0.4 is 10.6 Å². The van der Waals surface area contributed by atoms with E-state index in [-0.39, 0.29) is 23.4 Å². The third-order valence-corrected chi connectivity index (χ3v) is 3.26. The maximum absolute atomic E-state index is 11.4. The summed E-state index contributed by atoms with van der Waals surface area (Å²) < 4.78 is 4.93. The minimum Gasteiger partial charge on any atom is -0.383 e. The Balaban J connectivity index is 2.23. The number of methoxy groups -OCH3 is 1. The van der Waals surface area contributed by atoms with Gasteiger partial charge < -0.3 is 15.4 Å². The molecule has 0 fully saturated rings. The van der Waals surface area contributed by atoms with Gasteiger partial charge in [0, 0.05) is 13.7 Å². The first-order chi connectivity index (χ1) is 11.1. The summed E-state index contributed by atoms with van der Waals surface area (Å²) in [6.07, 6.45) is 1.29. The Kier molecular flexibility index (Phi) is 5.81. The van der Waals surface area contributed by atoms with Crippen molar-refractivity contribution in [1.82, 2.24) is 9.97 Å². The van der Waals surface area contributed by atoms with Crippen LogP contribution in [-0.2, 0) is 4.74 Å². The van der Waals surface area contributed by atoms with Crippen LogP contribution in [0.1, 0.15) is 18.5 Å². The average Bonchev–Trinajstić information content (AvgIpc) is 2.55. The summed E-state index contributed by atoms with van der Waals surface area (Å²) >= 11 is 0. The lowest BCUT2D eigenvalue weighted by Crippen LogP contribution is -2.14. The molecular weight excluding hydrogens is 298 g/mol. The molecule has 122 valence electrons. The second kappa shape index (κ2) is 8.04. The van der Waals surface area contributed by atoms with E-state index >= 15 is 0 Å². The van der Waals surface area contributed by atoms with Gasteiger partial charge in [-0.15, -0.1) is 0 Å². The lowest BCUT2D eigenvalue weighted by Gasteiger charge is -2.15. The quantitative estimate of drug-likeness (QED) is 0.438. The van der Waals surface area contributed by atoms with Gasteiger partial charge in [0.2, 0.25) is 11.6 Å². The Labute approximate surface area is 134 Å². The molecule has 1 aromatic heterocycles. The van der Waals surface area contributed by atoms with E-state index in [1.165, 1.54) is 6.33 Å². The Morgan fingerprint density at radius 1 is 1.26 bits per heavy atom. The van der Waals surface area contributed by atoms with Crippen LogP contribution in [0.25, 0.3) is 0 Å². The van der Waals surface area contributed by atoms with Gasteiger partial charge in [0.15, 0.2) is 0 Å². The lowest BCUT2D eigenvalue weighted by molar-refractivity contribution is -0.383. The molecule has 8 heteroatoms. The molecule has 1 heterocycles. The van der Waals surface area contributed by atoms with E-state index in [1.807, 2.05) is 37.3 Å². The van der Waals surface area contributed by atoms with Gasteiger partial charge in [-0.3, -0.25) is 10.1 Å². The van der Waals surface area contributed by atoms with Gasteiger partial charge in [-0.1, -0.05) is 30.3 Å². The predicted molar refractivity (Wildman–Crippen MR) is 87.5 cm³/mol. The van der Waals surface area contributed by atoms with E-state index in [4.69, 9.17) is 4.74 Å². The number of nitro groups is 1. The second-order valence-corrected chi connectivity index (χ2v) is 4.87. The largest absolute Gasteiger partial charge is 0.383 e. The van der Waals surface area contributed by atoms with Crippen molar-refractivity contribution in [2.75, 3.05) is 30.9 Å². The van der Waals surface area contributed by atoms with Crippen molar-refractivity contribution in [2.24, 2.45) is 0 Å². The lowest BCUT2D eigenvalue weighted by atomic mass is 10.1. The third kappa shape index (κ3) is 4.36. The molecular formula is C15H19N5O3. The first kappa shape index (κ1) is 16.6. The molecule has 2 aromatic rings. The smallest absolute Gasteiger partial charge is 0.353 e. The van der Waals surface area contributed by atoms with Crippen LogP contribution in [0.2, 0.25) is 0 Å². The molecule has 0 spiro atoms. The molecule has 0 aliphatic rings. The summed E-state index contributed by atoms with van der Waals surface area (Å²) in [7, 11) is 1.56. The maximum Gasteiger partial charge on any atom is 0.353 e. The van der Waals surface area contributed by atoms with Crippen molar-refractivity contribution in [1.29, 1.82) is 0 Å². The van der Waals surface area contributed by atoms with Crippen molar-refractivity contribution in [2.45, 2.75) is 13.0 Å². The number of anilines is 2. The molecule has 2 rings (SSSR count). The molecule has 0 radical (unpaired) electrons. The van der Waals surface area contributed by atoms with E-state index in [1.54, 1.807) is 7.11 Å². The van der Waals surface area contributed by atoms with Gasteiger partial charge in [-0.25, -0.2) is 9.97 Å². The standard InChI is InChI=1S/C15H19N5O3/c1-11(12-6-4-3-5-7-12)19-15-13(20(21)22)14(17-10-18-15)16-8-9-23-2/h3-7,10-11H,8-9H2,1-2H3,(H2,16,17,18,19). The molecule has 2 N–H and O–H groups in total. The highest BCUT2D eigenvalue weighted by Gasteiger charge is 2.24. The normalized spacial score (nSPS) is 11.7. The van der Waals surface area contributed by atoms with E-state index in [0.29, 0.717) is 13.2 Å². The highest BCUT2D eigenvalue weighted by Crippen LogP contribution is 2.31. The van der Waals surface area contributed by atoms with E-state index in [0.717, 1.165) is 5.56 Å². The fraction of sp³-hybridized carbons (Fsp3) is 0.333. The summed E-state index contributed by atoms with van der Waals surface area (Å²) in [5.41, 5.74) is 0.834. The maximum atomic E-state index is 11.4. The first-order valence-electron chi connectivity index (χ1n) is 7.17. The molecule has 0 saturated heterocycles. The minimum absolute atomic E-state index is 0.128. The zero-order chi connectivity index (χ0) is 16.7. The average molecular weight is 317 g/mol. The Morgan fingerprint density at radius 3 is 2.61 bits per heavy atom. The molecule has 0 amide bonds. The molecule has 0 aliphatic carbocycles. The molecule has 0 bridgehead atoms. The Bertz CT molecular complexity index is 651. The number of aromatic nitrogens is 2. The van der Waals surface area contributed by atoms with Crippen LogP contribution in [-0.4, -0.2) is 35.2 Å². The number of nitrogens with one attached hydrogen (secondary N) is 2. The fourth-order valence-corrected chi connectivity index (χ4v) is 2.09. The summed E-state index contributed by atoms with van der Waals surface area (Å²) in [4.78, 5) is 18.9. The molecule has 23 heavy (non-hydrogen) atoms. The highest BCUT2D eigenvalue weighted by molar-refractivity contribution is 5.69. The Hall–Kier alpha value is -2.74. The zero-order valence-corrected chi connectivity index (χ0v) is 13.0. The topological polar surface area (TPSA) is 102 Å². The molecule has 1 unspecified atom stereocenters. The number of nitrogens with zero attached hydrogens (tertiary/aromatic N) is 3. The second-order valence-electron chi connectivity index (χ2n) is 4.87. The van der Waals surface area contributed by atoms with Crippen molar-refractivity contribution >= 4 is 17.3 Å². The first-order valence-corrected chi connectivity index (χ1v) is 7.17. The van der Waals surface area contributed by atoms with Crippen LogP contribution in [0.3, 0.4) is 0 Å². The fourth-order valence-electron chi connectivity index (χ4n) is 2.09. The SMILES string of the molecule is COCCNc1ncnc(NC(C)c2ccccc2)c1[N+](=O)[O-]. The van der Waals surface area contributed by atoms with Gasteiger partial charge in [0.05, 0.1) is 17.6 Å². The molecule has 1 atom stereocenters. The van der Waals surface area contributed by atoms with E-state index in [9.17, 15) is 10.1 Å². The van der Waals surface area contributed by atoms with Crippen molar-refractivity contribution in [3.63, 3.8) is 0 Å². The van der Waals surface area contributed by atoms with Crippen molar-refractivity contribution in [3.8, 4) is 0 Å². The number of hydrogen-bond acceptors (Lipinski definition) is 7. The Morgan fingerprint density at radius 2 is 1.96 bits per heavy atom.